The lowest BCUT2D eigenvalue weighted by Crippen LogP contribution is -2.27. The van der Waals surface area contributed by atoms with E-state index in [4.69, 9.17) is 0 Å². The smallest absolute Gasteiger partial charge is 0.355 e. The van der Waals surface area contributed by atoms with Crippen LogP contribution in [0.1, 0.15) is 16.8 Å². The third-order valence-corrected chi connectivity index (χ3v) is 3.44. The van der Waals surface area contributed by atoms with Gasteiger partial charge in [0.15, 0.2) is 0 Å². The largest absolute Gasteiger partial charge is 0.416 e. The van der Waals surface area contributed by atoms with Crippen LogP contribution in [0.4, 0.5) is 13.2 Å². The van der Waals surface area contributed by atoms with Gasteiger partial charge in [-0.1, -0.05) is 18.2 Å². The quantitative estimate of drug-likeness (QED) is 0.921. The molecular weight excluding hydrogens is 301 g/mol. The zero-order valence-electron chi connectivity index (χ0n) is 11.0. The number of hydrogen-bond donors (Lipinski definition) is 1. The second kappa shape index (κ2) is 6.71. The molecule has 0 saturated heterocycles. The van der Waals surface area contributed by atoms with Crippen LogP contribution < -0.4 is 5.32 Å². The molecule has 21 heavy (non-hydrogen) atoms. The summed E-state index contributed by atoms with van der Waals surface area (Å²) in [6.45, 7) is 0.418. The summed E-state index contributed by atoms with van der Waals surface area (Å²) in [7, 11) is 0. The minimum absolute atomic E-state index is 0.0685. The van der Waals surface area contributed by atoms with E-state index in [1.165, 1.54) is 23.5 Å². The van der Waals surface area contributed by atoms with E-state index in [1.54, 1.807) is 5.51 Å². The first-order valence-corrected chi connectivity index (χ1v) is 7.19. The van der Waals surface area contributed by atoms with Crippen molar-refractivity contribution in [2.45, 2.75) is 19.0 Å². The number of hydrogen-bond acceptors (Lipinski definition) is 3. The van der Waals surface area contributed by atoms with Gasteiger partial charge in [-0.3, -0.25) is 4.79 Å². The molecule has 1 amide bonds. The number of halogens is 3. The standard InChI is InChI=1S/C14H13F3N2OS/c15-14(16,17)11-3-1-2-10(6-11)7-13(20)18-5-4-12-8-21-9-19-12/h1-3,6,8-9H,4-5,7H2,(H,18,20). The van der Waals surface area contributed by atoms with E-state index in [-0.39, 0.29) is 12.3 Å². The summed E-state index contributed by atoms with van der Waals surface area (Å²) in [6, 6.07) is 4.81. The van der Waals surface area contributed by atoms with Crippen molar-refractivity contribution in [2.24, 2.45) is 0 Å². The minimum Gasteiger partial charge on any atom is -0.355 e. The fraction of sp³-hybridized carbons (Fsp3) is 0.286. The first kappa shape index (κ1) is 15.5. The van der Waals surface area contributed by atoms with Gasteiger partial charge >= 0.3 is 6.18 Å². The molecule has 2 aromatic rings. The first-order valence-electron chi connectivity index (χ1n) is 6.25. The van der Waals surface area contributed by atoms with Crippen LogP contribution >= 0.6 is 11.3 Å². The van der Waals surface area contributed by atoms with E-state index in [0.29, 0.717) is 18.5 Å². The number of alkyl halides is 3. The maximum Gasteiger partial charge on any atom is 0.416 e. The number of thiazole rings is 1. The Bertz CT molecular complexity index is 597. The zero-order valence-corrected chi connectivity index (χ0v) is 11.8. The average Bonchev–Trinajstić information content (AvgIpc) is 2.91. The molecule has 0 fully saturated rings. The number of carbonyl (C=O) groups excluding carboxylic acids is 1. The van der Waals surface area contributed by atoms with Gasteiger partial charge in [-0.05, 0) is 11.6 Å². The molecule has 0 bridgehead atoms. The number of benzene rings is 1. The fourth-order valence-corrected chi connectivity index (χ4v) is 2.39. The van der Waals surface area contributed by atoms with Crippen LogP contribution in [-0.4, -0.2) is 17.4 Å². The van der Waals surface area contributed by atoms with E-state index in [9.17, 15) is 18.0 Å². The molecule has 1 N–H and O–H groups in total. The molecule has 0 atom stereocenters. The van der Waals surface area contributed by atoms with Crippen molar-refractivity contribution in [1.82, 2.24) is 10.3 Å². The van der Waals surface area contributed by atoms with Gasteiger partial charge in [0.2, 0.25) is 5.91 Å². The van der Waals surface area contributed by atoms with E-state index in [2.05, 4.69) is 10.3 Å². The third kappa shape index (κ3) is 4.86. The van der Waals surface area contributed by atoms with Crippen LogP contribution in [0.25, 0.3) is 0 Å². The summed E-state index contributed by atoms with van der Waals surface area (Å²) >= 11 is 1.47. The Labute approximate surface area is 123 Å². The van der Waals surface area contributed by atoms with Gasteiger partial charge < -0.3 is 5.32 Å². The molecule has 112 valence electrons. The van der Waals surface area contributed by atoms with Crippen molar-refractivity contribution in [3.05, 3.63) is 52.0 Å². The molecule has 1 aromatic heterocycles. The molecule has 0 aliphatic rings. The molecule has 7 heteroatoms. The third-order valence-electron chi connectivity index (χ3n) is 2.81. The van der Waals surface area contributed by atoms with Crippen molar-refractivity contribution in [3.63, 3.8) is 0 Å². The van der Waals surface area contributed by atoms with Crippen LogP contribution in [0.2, 0.25) is 0 Å². The molecule has 0 unspecified atom stereocenters. The highest BCUT2D eigenvalue weighted by Gasteiger charge is 2.30. The lowest BCUT2D eigenvalue weighted by atomic mass is 10.1. The molecule has 1 heterocycles. The predicted molar refractivity (Wildman–Crippen MR) is 74.0 cm³/mol. The average molecular weight is 314 g/mol. The zero-order chi connectivity index (χ0) is 15.3. The highest BCUT2D eigenvalue weighted by Crippen LogP contribution is 2.29. The van der Waals surface area contributed by atoms with Crippen molar-refractivity contribution in [1.29, 1.82) is 0 Å². The van der Waals surface area contributed by atoms with Crippen molar-refractivity contribution in [2.75, 3.05) is 6.54 Å². The Balaban J connectivity index is 1.85. The number of amides is 1. The second-order valence-electron chi connectivity index (χ2n) is 4.45. The van der Waals surface area contributed by atoms with Gasteiger partial charge in [0, 0.05) is 18.3 Å². The Morgan fingerprint density at radius 1 is 1.33 bits per heavy atom. The van der Waals surface area contributed by atoms with Crippen molar-refractivity contribution in [3.8, 4) is 0 Å². The Hall–Kier alpha value is -1.89. The van der Waals surface area contributed by atoms with Gasteiger partial charge in [-0.15, -0.1) is 11.3 Å². The number of rotatable bonds is 5. The molecule has 0 saturated carbocycles. The van der Waals surface area contributed by atoms with Crippen LogP contribution in [0.5, 0.6) is 0 Å². The van der Waals surface area contributed by atoms with E-state index >= 15 is 0 Å². The number of nitrogens with zero attached hydrogens (tertiary/aromatic N) is 1. The molecular formula is C14H13F3N2OS. The van der Waals surface area contributed by atoms with Gasteiger partial charge in [0.05, 0.1) is 23.2 Å². The van der Waals surface area contributed by atoms with Gasteiger partial charge in [-0.25, -0.2) is 4.98 Å². The molecule has 1 aromatic carbocycles. The maximum absolute atomic E-state index is 12.6. The van der Waals surface area contributed by atoms with Crippen molar-refractivity contribution < 1.29 is 18.0 Å². The van der Waals surface area contributed by atoms with Gasteiger partial charge in [-0.2, -0.15) is 13.2 Å². The first-order chi connectivity index (χ1) is 9.95. The summed E-state index contributed by atoms with van der Waals surface area (Å²) in [5, 5.41) is 4.56. The summed E-state index contributed by atoms with van der Waals surface area (Å²) in [6.07, 6.45) is -3.85. The van der Waals surface area contributed by atoms with Crippen molar-refractivity contribution >= 4 is 17.2 Å². The second-order valence-corrected chi connectivity index (χ2v) is 5.17. The SMILES string of the molecule is O=C(Cc1cccc(C(F)(F)F)c1)NCCc1cscn1. The summed E-state index contributed by atoms with van der Waals surface area (Å²) in [4.78, 5) is 15.8. The topological polar surface area (TPSA) is 42.0 Å². The normalized spacial score (nSPS) is 11.4. The van der Waals surface area contributed by atoms with Gasteiger partial charge in [0.25, 0.3) is 0 Å². The molecule has 0 radical (unpaired) electrons. The minimum atomic E-state index is -4.39. The fourth-order valence-electron chi connectivity index (χ4n) is 1.80. The Kier molecular flexibility index (Phi) is 4.95. The maximum atomic E-state index is 12.6. The molecule has 0 aliphatic carbocycles. The Morgan fingerprint density at radius 2 is 2.14 bits per heavy atom. The summed E-state index contributed by atoms with van der Waals surface area (Å²) < 4.78 is 37.7. The number of aromatic nitrogens is 1. The van der Waals surface area contributed by atoms with E-state index < -0.39 is 11.7 Å². The summed E-state index contributed by atoms with van der Waals surface area (Å²) in [5.74, 6) is -0.301. The van der Waals surface area contributed by atoms with Crippen LogP contribution in [0.15, 0.2) is 35.2 Å². The Morgan fingerprint density at radius 3 is 2.81 bits per heavy atom. The molecule has 2 rings (SSSR count). The van der Waals surface area contributed by atoms with Crippen LogP contribution in [0, 0.1) is 0 Å². The molecule has 3 nitrogen and oxygen atoms in total. The van der Waals surface area contributed by atoms with Crippen LogP contribution in [0.3, 0.4) is 0 Å². The van der Waals surface area contributed by atoms with Gasteiger partial charge in [0.1, 0.15) is 0 Å². The highest BCUT2D eigenvalue weighted by molar-refractivity contribution is 7.07. The highest BCUT2D eigenvalue weighted by atomic mass is 32.1. The van der Waals surface area contributed by atoms with Crippen LogP contribution in [-0.2, 0) is 23.8 Å². The lowest BCUT2D eigenvalue weighted by molar-refractivity contribution is -0.137. The monoisotopic (exact) mass is 314 g/mol. The molecule has 0 aliphatic heterocycles. The number of nitrogens with one attached hydrogen (secondary N) is 1. The van der Waals surface area contributed by atoms with E-state index in [0.717, 1.165) is 17.8 Å². The number of carbonyl (C=O) groups is 1. The summed E-state index contributed by atoms with van der Waals surface area (Å²) in [5.41, 5.74) is 2.20. The van der Waals surface area contributed by atoms with E-state index in [1.807, 2.05) is 5.38 Å². The lowest BCUT2D eigenvalue weighted by Gasteiger charge is -2.09. The predicted octanol–water partition coefficient (Wildman–Crippen LogP) is 3.06. The molecule has 0 spiro atoms.